The van der Waals surface area contributed by atoms with Gasteiger partial charge in [0, 0.05) is 12.2 Å². The monoisotopic (exact) mass is 279 g/mol. The summed E-state index contributed by atoms with van der Waals surface area (Å²) in [4.78, 5) is 11.0. The molecule has 0 amide bonds. The fourth-order valence-electron chi connectivity index (χ4n) is 1.39. The van der Waals surface area contributed by atoms with E-state index in [1.807, 2.05) is 0 Å². The SMILES string of the molecule is CCOC(=O)CCNc1ccc(F)c(C(F)(F)F)c1. The first-order valence-electron chi connectivity index (χ1n) is 5.61. The molecule has 0 heterocycles. The van der Waals surface area contributed by atoms with E-state index < -0.39 is 23.5 Å². The Bertz CT molecular complexity index is 446. The van der Waals surface area contributed by atoms with Crippen LogP contribution in [0.2, 0.25) is 0 Å². The smallest absolute Gasteiger partial charge is 0.419 e. The maximum atomic E-state index is 13.0. The van der Waals surface area contributed by atoms with Gasteiger partial charge < -0.3 is 10.1 Å². The van der Waals surface area contributed by atoms with E-state index in [0.717, 1.165) is 6.07 Å². The molecule has 0 saturated carbocycles. The van der Waals surface area contributed by atoms with Crippen molar-refractivity contribution in [3.8, 4) is 0 Å². The summed E-state index contributed by atoms with van der Waals surface area (Å²) in [6, 6.07) is 2.58. The summed E-state index contributed by atoms with van der Waals surface area (Å²) in [5.74, 6) is -1.78. The highest BCUT2D eigenvalue weighted by Crippen LogP contribution is 2.32. The van der Waals surface area contributed by atoms with E-state index in [2.05, 4.69) is 10.1 Å². The minimum Gasteiger partial charge on any atom is -0.466 e. The molecule has 106 valence electrons. The normalized spacial score (nSPS) is 11.2. The van der Waals surface area contributed by atoms with Crippen molar-refractivity contribution in [3.63, 3.8) is 0 Å². The Hall–Kier alpha value is -1.79. The first kappa shape index (κ1) is 15.3. The van der Waals surface area contributed by atoms with Gasteiger partial charge in [-0.1, -0.05) is 0 Å². The average molecular weight is 279 g/mol. The molecule has 1 N–H and O–H groups in total. The van der Waals surface area contributed by atoms with Gasteiger partial charge in [0.05, 0.1) is 18.6 Å². The molecule has 19 heavy (non-hydrogen) atoms. The average Bonchev–Trinajstić information content (AvgIpc) is 2.30. The lowest BCUT2D eigenvalue weighted by atomic mass is 10.2. The molecule has 0 unspecified atom stereocenters. The van der Waals surface area contributed by atoms with E-state index in [0.29, 0.717) is 6.07 Å². The number of esters is 1. The Labute approximate surface area is 107 Å². The van der Waals surface area contributed by atoms with Crippen molar-refractivity contribution in [2.24, 2.45) is 0 Å². The minimum absolute atomic E-state index is 0.0204. The van der Waals surface area contributed by atoms with Crippen LogP contribution in [0.5, 0.6) is 0 Å². The third-order valence-corrected chi connectivity index (χ3v) is 2.24. The summed E-state index contributed by atoms with van der Waals surface area (Å²) in [6.45, 7) is 2.01. The number of ether oxygens (including phenoxy) is 1. The third-order valence-electron chi connectivity index (χ3n) is 2.24. The summed E-state index contributed by atoms with van der Waals surface area (Å²) in [7, 11) is 0. The number of anilines is 1. The molecule has 0 saturated heterocycles. The number of carbonyl (C=O) groups excluding carboxylic acids is 1. The zero-order valence-corrected chi connectivity index (χ0v) is 10.2. The lowest BCUT2D eigenvalue weighted by Crippen LogP contribution is -2.13. The summed E-state index contributed by atoms with van der Waals surface area (Å²) < 4.78 is 55.0. The fourth-order valence-corrected chi connectivity index (χ4v) is 1.39. The van der Waals surface area contributed by atoms with E-state index in [-0.39, 0.29) is 25.3 Å². The molecule has 0 aliphatic rings. The van der Waals surface area contributed by atoms with Gasteiger partial charge in [0.25, 0.3) is 0 Å². The van der Waals surface area contributed by atoms with Gasteiger partial charge in [0.15, 0.2) is 0 Å². The maximum absolute atomic E-state index is 13.0. The second kappa shape index (κ2) is 6.40. The standard InChI is InChI=1S/C12H13F4NO2/c1-2-19-11(18)5-6-17-8-3-4-10(13)9(7-8)12(14,15)16/h3-4,7,17H,2,5-6H2,1H3. The number of benzene rings is 1. The zero-order valence-electron chi connectivity index (χ0n) is 10.2. The Kier molecular flexibility index (Phi) is 5.14. The van der Waals surface area contributed by atoms with Crippen LogP contribution in [0.25, 0.3) is 0 Å². The number of rotatable bonds is 5. The molecule has 0 spiro atoms. The molecule has 7 heteroatoms. The second-order valence-electron chi connectivity index (χ2n) is 3.67. The third kappa shape index (κ3) is 4.76. The molecular weight excluding hydrogens is 266 g/mol. The predicted molar refractivity (Wildman–Crippen MR) is 61.1 cm³/mol. The Morgan fingerprint density at radius 1 is 1.37 bits per heavy atom. The molecule has 0 bridgehead atoms. The van der Waals surface area contributed by atoms with Crippen molar-refractivity contribution in [3.05, 3.63) is 29.6 Å². The second-order valence-corrected chi connectivity index (χ2v) is 3.67. The maximum Gasteiger partial charge on any atom is 0.419 e. The van der Waals surface area contributed by atoms with Gasteiger partial charge in [-0.3, -0.25) is 4.79 Å². The fraction of sp³-hybridized carbons (Fsp3) is 0.417. The molecule has 3 nitrogen and oxygen atoms in total. The molecule has 0 aromatic heterocycles. The molecule has 0 atom stereocenters. The van der Waals surface area contributed by atoms with Crippen LogP contribution in [0.15, 0.2) is 18.2 Å². The summed E-state index contributed by atoms with van der Waals surface area (Å²) in [6.07, 6.45) is -4.73. The van der Waals surface area contributed by atoms with Gasteiger partial charge in [-0.25, -0.2) is 4.39 Å². The molecule has 1 aromatic rings. The predicted octanol–water partition coefficient (Wildman–Crippen LogP) is 3.21. The van der Waals surface area contributed by atoms with E-state index in [4.69, 9.17) is 0 Å². The van der Waals surface area contributed by atoms with E-state index in [1.165, 1.54) is 6.07 Å². The first-order valence-corrected chi connectivity index (χ1v) is 5.61. The van der Waals surface area contributed by atoms with Gasteiger partial charge in [0.2, 0.25) is 0 Å². The number of hydrogen-bond acceptors (Lipinski definition) is 3. The van der Waals surface area contributed by atoms with Crippen LogP contribution in [-0.2, 0) is 15.7 Å². The highest BCUT2D eigenvalue weighted by Gasteiger charge is 2.34. The van der Waals surface area contributed by atoms with Crippen molar-refractivity contribution in [2.75, 3.05) is 18.5 Å². The number of halogens is 4. The summed E-state index contributed by atoms with van der Waals surface area (Å²) >= 11 is 0. The minimum atomic E-state index is -4.75. The van der Waals surface area contributed by atoms with Crippen molar-refractivity contribution in [1.29, 1.82) is 0 Å². The highest BCUT2D eigenvalue weighted by molar-refractivity contribution is 5.70. The summed E-state index contributed by atoms with van der Waals surface area (Å²) in [5, 5.41) is 2.61. The molecule has 0 fully saturated rings. The van der Waals surface area contributed by atoms with Crippen LogP contribution in [0.4, 0.5) is 23.2 Å². The Morgan fingerprint density at radius 2 is 2.05 bits per heavy atom. The van der Waals surface area contributed by atoms with Gasteiger partial charge >= 0.3 is 12.1 Å². The summed E-state index contributed by atoms with van der Waals surface area (Å²) in [5.41, 5.74) is -1.24. The van der Waals surface area contributed by atoms with E-state index >= 15 is 0 Å². The van der Waals surface area contributed by atoms with E-state index in [9.17, 15) is 22.4 Å². The topological polar surface area (TPSA) is 38.3 Å². The van der Waals surface area contributed by atoms with Crippen LogP contribution in [0.3, 0.4) is 0 Å². The van der Waals surface area contributed by atoms with Gasteiger partial charge in [-0.15, -0.1) is 0 Å². The van der Waals surface area contributed by atoms with Gasteiger partial charge in [-0.2, -0.15) is 13.2 Å². The molecular formula is C12H13F4NO2. The van der Waals surface area contributed by atoms with Crippen LogP contribution in [0.1, 0.15) is 18.9 Å². The van der Waals surface area contributed by atoms with Crippen LogP contribution in [0, 0.1) is 5.82 Å². The lowest BCUT2D eigenvalue weighted by Gasteiger charge is -2.11. The highest BCUT2D eigenvalue weighted by atomic mass is 19.4. The van der Waals surface area contributed by atoms with Crippen LogP contribution < -0.4 is 5.32 Å². The van der Waals surface area contributed by atoms with Gasteiger partial charge in [0.1, 0.15) is 5.82 Å². The van der Waals surface area contributed by atoms with Gasteiger partial charge in [-0.05, 0) is 25.1 Å². The quantitative estimate of drug-likeness (QED) is 0.664. The number of nitrogens with one attached hydrogen (secondary N) is 1. The number of alkyl halides is 3. The lowest BCUT2D eigenvalue weighted by molar-refractivity contribution is -0.143. The van der Waals surface area contributed by atoms with E-state index in [1.54, 1.807) is 6.92 Å². The zero-order chi connectivity index (χ0) is 14.5. The largest absolute Gasteiger partial charge is 0.466 e. The van der Waals surface area contributed by atoms with Crippen molar-refractivity contribution < 1.29 is 27.1 Å². The number of carbonyl (C=O) groups is 1. The van der Waals surface area contributed by atoms with Crippen molar-refractivity contribution in [2.45, 2.75) is 19.5 Å². The molecule has 0 aliphatic carbocycles. The van der Waals surface area contributed by atoms with Crippen LogP contribution >= 0.6 is 0 Å². The molecule has 1 aromatic carbocycles. The molecule has 0 aliphatic heterocycles. The van der Waals surface area contributed by atoms with Crippen LogP contribution in [-0.4, -0.2) is 19.1 Å². The Balaban J connectivity index is 2.63. The first-order chi connectivity index (χ1) is 8.84. The molecule has 1 rings (SSSR count). The van der Waals surface area contributed by atoms with Crippen molar-refractivity contribution in [1.82, 2.24) is 0 Å². The molecule has 0 radical (unpaired) electrons. The number of hydrogen-bond donors (Lipinski definition) is 1. The van der Waals surface area contributed by atoms with Crippen molar-refractivity contribution >= 4 is 11.7 Å². The Morgan fingerprint density at radius 3 is 2.63 bits per heavy atom.